The van der Waals surface area contributed by atoms with Gasteiger partial charge in [0.1, 0.15) is 10.8 Å². The van der Waals surface area contributed by atoms with Crippen molar-refractivity contribution in [1.82, 2.24) is 20.3 Å². The summed E-state index contributed by atoms with van der Waals surface area (Å²) in [7, 11) is 0. The number of hydrogen-bond donors (Lipinski definition) is 3. The Morgan fingerprint density at radius 1 is 1.43 bits per heavy atom. The van der Waals surface area contributed by atoms with Gasteiger partial charge in [0.15, 0.2) is 5.69 Å². The zero-order valence-electron chi connectivity index (χ0n) is 12.2. The molecule has 0 atom stereocenters. The molecule has 0 aliphatic heterocycles. The first-order valence-corrected chi connectivity index (χ1v) is 7.42. The summed E-state index contributed by atoms with van der Waals surface area (Å²) in [4.78, 5) is 25.0. The zero-order chi connectivity index (χ0) is 15.4. The molecule has 4 N–H and O–H groups in total. The molecular formula is C13H18N6OS. The van der Waals surface area contributed by atoms with Gasteiger partial charge >= 0.3 is 0 Å². The maximum atomic E-state index is 12.3. The molecule has 0 fully saturated rings. The number of nitrogens with two attached hydrogens (primary N) is 1. The van der Waals surface area contributed by atoms with Gasteiger partial charge in [-0.1, -0.05) is 13.8 Å². The number of aromatic nitrogens is 3. The van der Waals surface area contributed by atoms with Crippen LogP contribution in [0.25, 0.3) is 0 Å². The fraction of sp³-hybridized carbons (Fsp3) is 0.385. The summed E-state index contributed by atoms with van der Waals surface area (Å²) in [5, 5.41) is 5.58. The predicted molar refractivity (Wildman–Crippen MR) is 82.0 cm³/mol. The molecule has 112 valence electrons. The van der Waals surface area contributed by atoms with Gasteiger partial charge in [-0.15, -0.1) is 11.3 Å². The van der Waals surface area contributed by atoms with Gasteiger partial charge < -0.3 is 10.7 Å². The lowest BCUT2D eigenvalue weighted by Gasteiger charge is -2.11. The fourth-order valence-corrected chi connectivity index (χ4v) is 2.39. The minimum absolute atomic E-state index is 0.130. The van der Waals surface area contributed by atoms with E-state index in [1.807, 2.05) is 26.2 Å². The van der Waals surface area contributed by atoms with Crippen LogP contribution in [0, 0.1) is 6.92 Å². The van der Waals surface area contributed by atoms with Crippen LogP contribution in [0.2, 0.25) is 0 Å². The summed E-state index contributed by atoms with van der Waals surface area (Å²) in [6.07, 6.45) is 1.52. The van der Waals surface area contributed by atoms with E-state index in [2.05, 4.69) is 25.7 Å². The smallest absolute Gasteiger partial charge is 0.272 e. The Morgan fingerprint density at radius 3 is 2.76 bits per heavy atom. The third kappa shape index (κ3) is 3.73. The number of hydrazine groups is 1. The van der Waals surface area contributed by atoms with Crippen molar-refractivity contribution in [3.05, 3.63) is 33.8 Å². The number of carbonyl (C=O) groups is 1. The molecule has 21 heavy (non-hydrogen) atoms. The highest BCUT2D eigenvalue weighted by Gasteiger charge is 2.16. The molecule has 2 aromatic heterocycles. The van der Waals surface area contributed by atoms with Crippen molar-refractivity contribution >= 4 is 22.9 Å². The number of nitrogens with one attached hydrogen (secondary N) is 2. The van der Waals surface area contributed by atoms with Gasteiger partial charge in [0.25, 0.3) is 5.91 Å². The average Bonchev–Trinajstić information content (AvgIpc) is 2.89. The third-order valence-corrected chi connectivity index (χ3v) is 3.73. The van der Waals surface area contributed by atoms with Crippen LogP contribution in [0.15, 0.2) is 11.6 Å². The van der Waals surface area contributed by atoms with Crippen molar-refractivity contribution in [2.45, 2.75) is 33.2 Å². The minimum atomic E-state index is -0.305. The summed E-state index contributed by atoms with van der Waals surface area (Å²) in [6, 6.07) is 0. The Labute approximate surface area is 127 Å². The van der Waals surface area contributed by atoms with Crippen molar-refractivity contribution in [3.63, 3.8) is 0 Å². The van der Waals surface area contributed by atoms with Crippen LogP contribution in [-0.2, 0) is 6.54 Å². The number of rotatable bonds is 5. The number of aryl methyl sites for hydroxylation is 1. The Hall–Kier alpha value is -2.06. The van der Waals surface area contributed by atoms with Crippen LogP contribution in [0.1, 0.15) is 46.8 Å². The molecule has 0 aliphatic carbocycles. The quantitative estimate of drug-likeness (QED) is 0.572. The molecule has 0 bridgehead atoms. The van der Waals surface area contributed by atoms with Gasteiger partial charge in [0.05, 0.1) is 18.4 Å². The van der Waals surface area contributed by atoms with Gasteiger partial charge in [-0.2, -0.15) is 0 Å². The first-order chi connectivity index (χ1) is 10.0. The van der Waals surface area contributed by atoms with Gasteiger partial charge in [0.2, 0.25) is 0 Å². The van der Waals surface area contributed by atoms with Crippen molar-refractivity contribution in [2.75, 3.05) is 5.43 Å². The van der Waals surface area contributed by atoms with Gasteiger partial charge in [-0.25, -0.2) is 15.0 Å². The lowest BCUT2D eigenvalue weighted by atomic mass is 10.2. The monoisotopic (exact) mass is 306 g/mol. The predicted octanol–water partition coefficient (Wildman–Crippen LogP) is 1.58. The SMILES string of the molecule is Cc1csc(CNC(=O)c2nc(C(C)C)ncc2NN)n1. The third-order valence-electron chi connectivity index (χ3n) is 2.76. The average molecular weight is 306 g/mol. The maximum absolute atomic E-state index is 12.3. The van der Waals surface area contributed by atoms with E-state index >= 15 is 0 Å². The van der Waals surface area contributed by atoms with Crippen LogP contribution < -0.4 is 16.6 Å². The largest absolute Gasteiger partial charge is 0.344 e. The van der Waals surface area contributed by atoms with Crippen molar-refractivity contribution in [2.24, 2.45) is 5.84 Å². The van der Waals surface area contributed by atoms with Crippen LogP contribution >= 0.6 is 11.3 Å². The number of amides is 1. The van der Waals surface area contributed by atoms with Crippen molar-refractivity contribution < 1.29 is 4.79 Å². The molecule has 0 aliphatic rings. The van der Waals surface area contributed by atoms with Crippen LogP contribution in [0.4, 0.5) is 5.69 Å². The highest BCUT2D eigenvalue weighted by atomic mass is 32.1. The second-order valence-electron chi connectivity index (χ2n) is 4.85. The molecule has 8 heteroatoms. The van der Waals surface area contributed by atoms with E-state index in [1.54, 1.807) is 0 Å². The molecule has 0 aromatic carbocycles. The second kappa shape index (κ2) is 6.59. The molecule has 0 unspecified atom stereocenters. The molecular weight excluding hydrogens is 288 g/mol. The van der Waals surface area contributed by atoms with Crippen LogP contribution in [0.5, 0.6) is 0 Å². The van der Waals surface area contributed by atoms with Crippen molar-refractivity contribution in [3.8, 4) is 0 Å². The van der Waals surface area contributed by atoms with E-state index in [1.165, 1.54) is 17.5 Å². The first kappa shape index (κ1) is 15.3. The molecule has 2 rings (SSSR count). The standard InChI is InChI=1S/C13H18N6OS/c1-7(2)12-15-4-9(19-14)11(18-12)13(20)16-5-10-17-8(3)6-21-10/h4,6-7,19H,5,14H2,1-3H3,(H,16,20). The summed E-state index contributed by atoms with van der Waals surface area (Å²) < 4.78 is 0. The van der Waals surface area contributed by atoms with Crippen LogP contribution in [0.3, 0.4) is 0 Å². The van der Waals surface area contributed by atoms with Crippen LogP contribution in [-0.4, -0.2) is 20.9 Å². The molecule has 7 nitrogen and oxygen atoms in total. The highest BCUT2D eigenvalue weighted by Crippen LogP contribution is 2.16. The summed E-state index contributed by atoms with van der Waals surface area (Å²) in [6.45, 7) is 6.20. The Kier molecular flexibility index (Phi) is 4.81. The Morgan fingerprint density at radius 2 is 2.19 bits per heavy atom. The lowest BCUT2D eigenvalue weighted by Crippen LogP contribution is -2.26. The van der Waals surface area contributed by atoms with E-state index in [4.69, 9.17) is 5.84 Å². The Balaban J connectivity index is 2.15. The lowest BCUT2D eigenvalue weighted by molar-refractivity contribution is 0.0946. The summed E-state index contributed by atoms with van der Waals surface area (Å²) in [5.74, 6) is 5.83. The molecule has 0 spiro atoms. The molecule has 0 saturated carbocycles. The highest BCUT2D eigenvalue weighted by molar-refractivity contribution is 7.09. The molecule has 0 radical (unpaired) electrons. The number of thiazole rings is 1. The molecule has 1 amide bonds. The number of nitrogens with zero attached hydrogens (tertiary/aromatic N) is 3. The van der Waals surface area contributed by atoms with Gasteiger partial charge in [-0.3, -0.25) is 10.6 Å². The summed E-state index contributed by atoms with van der Waals surface area (Å²) in [5.41, 5.74) is 4.02. The van der Waals surface area contributed by atoms with E-state index < -0.39 is 0 Å². The fourth-order valence-electron chi connectivity index (χ4n) is 1.68. The van der Waals surface area contributed by atoms with E-state index in [0.29, 0.717) is 18.1 Å². The van der Waals surface area contributed by atoms with Gasteiger partial charge in [-0.05, 0) is 6.92 Å². The second-order valence-corrected chi connectivity index (χ2v) is 5.80. The molecule has 0 saturated heterocycles. The zero-order valence-corrected chi connectivity index (χ0v) is 13.0. The molecule has 2 heterocycles. The molecule has 2 aromatic rings. The number of carbonyl (C=O) groups excluding carboxylic acids is 1. The minimum Gasteiger partial charge on any atom is -0.344 e. The number of hydrogen-bond acceptors (Lipinski definition) is 7. The van der Waals surface area contributed by atoms with E-state index in [0.717, 1.165) is 10.7 Å². The van der Waals surface area contributed by atoms with Gasteiger partial charge in [0, 0.05) is 17.0 Å². The Bertz CT molecular complexity index is 639. The van der Waals surface area contributed by atoms with E-state index in [9.17, 15) is 4.79 Å². The summed E-state index contributed by atoms with van der Waals surface area (Å²) >= 11 is 1.51. The van der Waals surface area contributed by atoms with E-state index in [-0.39, 0.29) is 17.5 Å². The maximum Gasteiger partial charge on any atom is 0.272 e. The number of anilines is 1. The normalized spacial score (nSPS) is 10.7. The van der Waals surface area contributed by atoms with Crippen molar-refractivity contribution in [1.29, 1.82) is 0 Å². The number of nitrogen functional groups attached to an aromatic ring is 1. The topological polar surface area (TPSA) is 106 Å². The first-order valence-electron chi connectivity index (χ1n) is 6.54.